The number of hydrogen-bond donors (Lipinski definition) is 1. The number of likely N-dealkylation sites (tertiary alicyclic amines) is 1. The Bertz CT molecular complexity index is 923. The third-order valence-electron chi connectivity index (χ3n) is 4.56. The Morgan fingerprint density at radius 1 is 1.04 bits per heavy atom. The van der Waals surface area contributed by atoms with Gasteiger partial charge in [0.2, 0.25) is 0 Å². The summed E-state index contributed by atoms with van der Waals surface area (Å²) in [5.74, 6) is 1.27. The zero-order chi connectivity index (χ0) is 18.6. The molecule has 2 aromatic heterocycles. The van der Waals surface area contributed by atoms with Crippen LogP contribution in [-0.4, -0.2) is 35.0 Å². The molecule has 1 saturated heterocycles. The third-order valence-corrected chi connectivity index (χ3v) is 4.56. The van der Waals surface area contributed by atoms with Crippen LogP contribution in [0.3, 0.4) is 0 Å². The summed E-state index contributed by atoms with van der Waals surface area (Å²) in [5.41, 5.74) is 1.33. The van der Waals surface area contributed by atoms with Gasteiger partial charge in [0, 0.05) is 30.3 Å². The second kappa shape index (κ2) is 7.49. The van der Waals surface area contributed by atoms with Crippen LogP contribution in [0.2, 0.25) is 0 Å². The number of hydrogen-bond acceptors (Lipinski definition) is 5. The van der Waals surface area contributed by atoms with E-state index in [0.29, 0.717) is 22.8 Å². The van der Waals surface area contributed by atoms with E-state index in [1.165, 1.54) is 6.20 Å². The summed E-state index contributed by atoms with van der Waals surface area (Å²) in [7, 11) is 0. The van der Waals surface area contributed by atoms with Gasteiger partial charge >= 0.3 is 0 Å². The number of nitrogens with zero attached hydrogens (tertiary/aromatic N) is 2. The van der Waals surface area contributed by atoms with Crippen molar-refractivity contribution >= 4 is 11.8 Å². The molecule has 0 bridgehead atoms. The first kappa shape index (κ1) is 17.1. The van der Waals surface area contributed by atoms with Crippen molar-refractivity contribution in [3.8, 4) is 11.3 Å². The van der Waals surface area contributed by atoms with Crippen LogP contribution in [0, 0.1) is 0 Å². The fourth-order valence-electron chi connectivity index (χ4n) is 3.07. The van der Waals surface area contributed by atoms with Gasteiger partial charge in [-0.15, -0.1) is 0 Å². The Morgan fingerprint density at radius 2 is 1.81 bits per heavy atom. The van der Waals surface area contributed by atoms with E-state index in [4.69, 9.17) is 8.94 Å². The summed E-state index contributed by atoms with van der Waals surface area (Å²) in [6, 6.07) is 12.2. The van der Waals surface area contributed by atoms with Crippen molar-refractivity contribution in [2.45, 2.75) is 19.4 Å². The van der Waals surface area contributed by atoms with Gasteiger partial charge in [0.15, 0.2) is 11.5 Å². The lowest BCUT2D eigenvalue weighted by Crippen LogP contribution is -2.27. The van der Waals surface area contributed by atoms with E-state index in [2.05, 4.69) is 10.5 Å². The molecule has 1 fully saturated rings. The van der Waals surface area contributed by atoms with E-state index in [1.807, 2.05) is 4.90 Å². The van der Waals surface area contributed by atoms with Gasteiger partial charge < -0.3 is 19.2 Å². The van der Waals surface area contributed by atoms with Crippen molar-refractivity contribution in [3.63, 3.8) is 0 Å². The molecule has 1 aromatic carbocycles. The highest BCUT2D eigenvalue weighted by Gasteiger charge is 2.22. The van der Waals surface area contributed by atoms with Crippen LogP contribution in [0.25, 0.3) is 11.3 Å². The molecule has 0 atom stereocenters. The maximum absolute atomic E-state index is 12.4. The first-order chi connectivity index (χ1) is 13.2. The number of rotatable bonds is 5. The molecule has 0 unspecified atom stereocenters. The molecule has 3 aromatic rings. The van der Waals surface area contributed by atoms with Crippen molar-refractivity contribution in [1.82, 2.24) is 15.4 Å². The zero-order valence-electron chi connectivity index (χ0n) is 14.7. The highest BCUT2D eigenvalue weighted by atomic mass is 16.5. The molecule has 7 heteroatoms. The fraction of sp³-hybridized carbons (Fsp3) is 0.250. The maximum Gasteiger partial charge on any atom is 0.289 e. The topological polar surface area (TPSA) is 88.6 Å². The number of benzene rings is 1. The SMILES string of the molecule is O=C(NCc1ccno1)c1ccc(-c2ccc(C(=O)N3CCCC3)o2)cc1. The van der Waals surface area contributed by atoms with E-state index in [0.717, 1.165) is 31.5 Å². The van der Waals surface area contributed by atoms with Gasteiger partial charge in [-0.25, -0.2) is 0 Å². The van der Waals surface area contributed by atoms with Crippen molar-refractivity contribution in [2.75, 3.05) is 13.1 Å². The fourth-order valence-corrected chi connectivity index (χ4v) is 3.07. The van der Waals surface area contributed by atoms with Gasteiger partial charge in [0.1, 0.15) is 5.76 Å². The third kappa shape index (κ3) is 3.76. The van der Waals surface area contributed by atoms with Crippen LogP contribution >= 0.6 is 0 Å². The predicted octanol–water partition coefficient (Wildman–Crippen LogP) is 3.10. The second-order valence-corrected chi connectivity index (χ2v) is 6.40. The van der Waals surface area contributed by atoms with Crippen molar-refractivity contribution in [2.24, 2.45) is 0 Å². The highest BCUT2D eigenvalue weighted by Crippen LogP contribution is 2.24. The Labute approximate surface area is 155 Å². The summed E-state index contributed by atoms with van der Waals surface area (Å²) in [5, 5.41) is 6.36. The van der Waals surface area contributed by atoms with Crippen LogP contribution in [-0.2, 0) is 6.54 Å². The standard InChI is InChI=1S/C20H19N3O4/c24-19(21-13-16-9-10-22-27-16)15-5-3-14(4-6-15)17-7-8-18(26-17)20(25)23-11-1-2-12-23/h3-10H,1-2,11-13H2,(H,21,24). The smallest absolute Gasteiger partial charge is 0.289 e. The number of aromatic nitrogens is 1. The molecule has 0 saturated carbocycles. The molecule has 138 valence electrons. The average molecular weight is 365 g/mol. The highest BCUT2D eigenvalue weighted by molar-refractivity contribution is 5.95. The molecule has 1 aliphatic rings. The molecule has 2 amide bonds. The Hall–Kier alpha value is -3.35. The largest absolute Gasteiger partial charge is 0.451 e. The molecular weight excluding hydrogens is 346 g/mol. The number of furan rings is 1. The number of amides is 2. The molecule has 1 N–H and O–H groups in total. The van der Waals surface area contributed by atoms with Gasteiger partial charge in [-0.2, -0.15) is 0 Å². The maximum atomic E-state index is 12.4. The summed E-state index contributed by atoms with van der Waals surface area (Å²) in [4.78, 5) is 26.4. The van der Waals surface area contributed by atoms with E-state index in [-0.39, 0.29) is 18.4 Å². The van der Waals surface area contributed by atoms with E-state index < -0.39 is 0 Å². The lowest BCUT2D eigenvalue weighted by Gasteiger charge is -2.12. The Kier molecular flexibility index (Phi) is 4.74. The quantitative estimate of drug-likeness (QED) is 0.750. The lowest BCUT2D eigenvalue weighted by molar-refractivity contribution is 0.0762. The van der Waals surface area contributed by atoms with E-state index in [9.17, 15) is 9.59 Å². The number of nitrogens with one attached hydrogen (secondary N) is 1. The molecule has 0 spiro atoms. The zero-order valence-corrected chi connectivity index (χ0v) is 14.7. The van der Waals surface area contributed by atoms with Gasteiger partial charge in [-0.3, -0.25) is 9.59 Å². The normalized spacial score (nSPS) is 13.7. The van der Waals surface area contributed by atoms with Crippen molar-refractivity contribution < 1.29 is 18.5 Å². The van der Waals surface area contributed by atoms with Crippen LogP contribution in [0.1, 0.15) is 39.5 Å². The number of carbonyl (C=O) groups excluding carboxylic acids is 2. The molecule has 1 aliphatic heterocycles. The van der Waals surface area contributed by atoms with Crippen LogP contribution in [0.5, 0.6) is 0 Å². The molecule has 0 radical (unpaired) electrons. The average Bonchev–Trinajstić information content (AvgIpc) is 3.48. The van der Waals surface area contributed by atoms with E-state index in [1.54, 1.807) is 42.5 Å². The summed E-state index contributed by atoms with van der Waals surface area (Å²) < 4.78 is 10.7. The Morgan fingerprint density at radius 3 is 2.52 bits per heavy atom. The van der Waals surface area contributed by atoms with Gasteiger partial charge in [-0.1, -0.05) is 17.3 Å². The first-order valence-electron chi connectivity index (χ1n) is 8.88. The lowest BCUT2D eigenvalue weighted by atomic mass is 10.1. The van der Waals surface area contributed by atoms with E-state index >= 15 is 0 Å². The monoisotopic (exact) mass is 365 g/mol. The predicted molar refractivity (Wildman–Crippen MR) is 97.0 cm³/mol. The van der Waals surface area contributed by atoms with Gasteiger partial charge in [0.25, 0.3) is 11.8 Å². The van der Waals surface area contributed by atoms with Crippen molar-refractivity contribution in [1.29, 1.82) is 0 Å². The minimum absolute atomic E-state index is 0.0674. The Balaban J connectivity index is 1.41. The molecule has 0 aliphatic carbocycles. The summed E-state index contributed by atoms with van der Waals surface area (Å²) >= 11 is 0. The molecule has 4 rings (SSSR count). The van der Waals surface area contributed by atoms with Gasteiger partial charge in [-0.05, 0) is 37.1 Å². The van der Waals surface area contributed by atoms with Crippen LogP contribution < -0.4 is 5.32 Å². The summed E-state index contributed by atoms with van der Waals surface area (Å²) in [6.45, 7) is 1.85. The van der Waals surface area contributed by atoms with Gasteiger partial charge in [0.05, 0.1) is 12.7 Å². The number of carbonyl (C=O) groups is 2. The molecule has 3 heterocycles. The van der Waals surface area contributed by atoms with Crippen molar-refractivity contribution in [3.05, 3.63) is 65.7 Å². The first-order valence-corrected chi connectivity index (χ1v) is 8.88. The molecular formula is C20H19N3O4. The molecule has 27 heavy (non-hydrogen) atoms. The summed E-state index contributed by atoms with van der Waals surface area (Å²) in [6.07, 6.45) is 3.61. The minimum atomic E-state index is -0.206. The molecule has 7 nitrogen and oxygen atoms in total. The minimum Gasteiger partial charge on any atom is -0.451 e. The second-order valence-electron chi connectivity index (χ2n) is 6.40. The van der Waals surface area contributed by atoms with Crippen LogP contribution in [0.15, 0.2) is 57.6 Å². The van der Waals surface area contributed by atoms with Crippen LogP contribution in [0.4, 0.5) is 0 Å².